The largest absolute Gasteiger partial charge is 0.0839 e. The lowest BCUT2D eigenvalue weighted by molar-refractivity contribution is 0.730. The molecule has 17 heavy (non-hydrogen) atoms. The van der Waals surface area contributed by atoms with Gasteiger partial charge in [-0.2, -0.15) is 0 Å². The summed E-state index contributed by atoms with van der Waals surface area (Å²) in [7, 11) is 0. The van der Waals surface area contributed by atoms with Crippen LogP contribution in [-0.4, -0.2) is 0 Å². The lowest BCUT2D eigenvalue weighted by Crippen LogP contribution is -1.94. The molecule has 0 heterocycles. The summed E-state index contributed by atoms with van der Waals surface area (Å²) in [6.07, 6.45) is 9.81. The molecule has 0 aliphatic rings. The van der Waals surface area contributed by atoms with Crippen molar-refractivity contribution < 1.29 is 0 Å². The second-order valence-electron chi connectivity index (χ2n) is 5.07. The molecule has 0 saturated carbocycles. The molecule has 0 atom stereocenters. The van der Waals surface area contributed by atoms with E-state index in [0.717, 1.165) is 0 Å². The molecule has 0 aliphatic carbocycles. The number of hydrogen-bond acceptors (Lipinski definition) is 0. The first kappa shape index (κ1) is 14.0. The molecular formula is C17H26. The van der Waals surface area contributed by atoms with Gasteiger partial charge in [-0.25, -0.2) is 0 Å². The van der Waals surface area contributed by atoms with E-state index < -0.39 is 0 Å². The number of aryl methyl sites for hydroxylation is 2. The van der Waals surface area contributed by atoms with Gasteiger partial charge in [0.15, 0.2) is 0 Å². The molecule has 0 aliphatic heterocycles. The molecule has 0 nitrogen and oxygen atoms in total. The fraction of sp³-hybridized carbons (Fsp3) is 0.529. The molecule has 0 amide bonds. The number of rotatable bonds is 5. The minimum Gasteiger partial charge on any atom is -0.0839 e. The van der Waals surface area contributed by atoms with Crippen molar-refractivity contribution in [3.63, 3.8) is 0 Å². The predicted octanol–water partition coefficient (Wildman–Crippen LogP) is 5.51. The van der Waals surface area contributed by atoms with Crippen molar-refractivity contribution in [1.29, 1.82) is 0 Å². The van der Waals surface area contributed by atoms with Gasteiger partial charge in [0.1, 0.15) is 0 Å². The van der Waals surface area contributed by atoms with Gasteiger partial charge >= 0.3 is 0 Å². The number of benzene rings is 1. The van der Waals surface area contributed by atoms with Gasteiger partial charge in [0.2, 0.25) is 0 Å². The summed E-state index contributed by atoms with van der Waals surface area (Å²) in [5.74, 6) is 0. The summed E-state index contributed by atoms with van der Waals surface area (Å²) >= 11 is 0. The minimum atomic E-state index is 1.21. The van der Waals surface area contributed by atoms with E-state index >= 15 is 0 Å². The fourth-order valence-electron chi connectivity index (χ4n) is 2.27. The topological polar surface area (TPSA) is 0 Å². The van der Waals surface area contributed by atoms with Crippen molar-refractivity contribution in [2.24, 2.45) is 0 Å². The van der Waals surface area contributed by atoms with Crippen LogP contribution in [0.1, 0.15) is 60.4 Å². The number of unbranched alkanes of at least 4 members (excludes halogenated alkanes) is 3. The second kappa shape index (κ2) is 6.64. The maximum atomic E-state index is 2.33. The smallest absolute Gasteiger partial charge is 0.0198 e. The fourth-order valence-corrected chi connectivity index (χ4v) is 2.27. The highest BCUT2D eigenvalue weighted by molar-refractivity contribution is 5.60. The van der Waals surface area contributed by atoms with Crippen LogP contribution in [0.5, 0.6) is 0 Å². The summed E-state index contributed by atoms with van der Waals surface area (Å²) < 4.78 is 0. The van der Waals surface area contributed by atoms with Crippen molar-refractivity contribution in [3.05, 3.63) is 40.0 Å². The van der Waals surface area contributed by atoms with E-state index in [4.69, 9.17) is 0 Å². The van der Waals surface area contributed by atoms with Gasteiger partial charge in [-0.1, -0.05) is 38.0 Å². The van der Waals surface area contributed by atoms with Crippen molar-refractivity contribution in [2.75, 3.05) is 0 Å². The Morgan fingerprint density at radius 2 is 1.65 bits per heavy atom. The zero-order chi connectivity index (χ0) is 12.8. The first-order valence-corrected chi connectivity index (χ1v) is 6.81. The van der Waals surface area contributed by atoms with Crippen LogP contribution < -0.4 is 0 Å². The molecule has 0 spiro atoms. The van der Waals surface area contributed by atoms with Gasteiger partial charge in [-0.05, 0) is 68.4 Å². The van der Waals surface area contributed by atoms with Crippen molar-refractivity contribution >= 4 is 6.08 Å². The molecule has 0 unspecified atom stereocenters. The predicted molar refractivity (Wildman–Crippen MR) is 78.6 cm³/mol. The molecule has 0 bridgehead atoms. The molecule has 0 heteroatoms. The molecule has 1 aromatic rings. The Hall–Kier alpha value is -1.04. The Bertz CT molecular complexity index is 397. The molecule has 94 valence electrons. The van der Waals surface area contributed by atoms with Crippen molar-refractivity contribution in [3.8, 4) is 0 Å². The highest BCUT2D eigenvalue weighted by Crippen LogP contribution is 2.22. The summed E-state index contributed by atoms with van der Waals surface area (Å²) in [6.45, 7) is 11.1. The van der Waals surface area contributed by atoms with Gasteiger partial charge in [-0.3, -0.25) is 0 Å². The number of allylic oxidation sites excluding steroid dienone is 1. The first-order chi connectivity index (χ1) is 8.07. The van der Waals surface area contributed by atoms with Gasteiger partial charge in [-0.15, -0.1) is 0 Å². The van der Waals surface area contributed by atoms with E-state index in [0.29, 0.717) is 0 Å². The van der Waals surface area contributed by atoms with Gasteiger partial charge in [0.25, 0.3) is 0 Å². The highest BCUT2D eigenvalue weighted by Gasteiger charge is 2.04. The molecule has 1 rings (SSSR count). The Balaban J connectivity index is 2.81. The zero-order valence-electron chi connectivity index (χ0n) is 12.1. The molecule has 0 radical (unpaired) electrons. The first-order valence-electron chi connectivity index (χ1n) is 6.81. The van der Waals surface area contributed by atoms with Crippen LogP contribution in [0.25, 0.3) is 6.08 Å². The van der Waals surface area contributed by atoms with Gasteiger partial charge in [0, 0.05) is 0 Å². The van der Waals surface area contributed by atoms with E-state index in [1.165, 1.54) is 53.5 Å². The highest BCUT2D eigenvalue weighted by atomic mass is 14.1. The Morgan fingerprint density at radius 3 is 2.29 bits per heavy atom. The quantitative estimate of drug-likeness (QED) is 0.585. The Labute approximate surface area is 107 Å². The molecule has 0 N–H and O–H groups in total. The number of hydrogen-bond donors (Lipinski definition) is 0. The third-order valence-electron chi connectivity index (χ3n) is 3.67. The van der Waals surface area contributed by atoms with Crippen LogP contribution >= 0.6 is 0 Å². The van der Waals surface area contributed by atoms with Crippen molar-refractivity contribution in [1.82, 2.24) is 0 Å². The lowest BCUT2D eigenvalue weighted by Gasteiger charge is -2.12. The van der Waals surface area contributed by atoms with Crippen LogP contribution in [0.4, 0.5) is 0 Å². The molecule has 0 fully saturated rings. The van der Waals surface area contributed by atoms with E-state index in [1.54, 1.807) is 0 Å². The van der Waals surface area contributed by atoms with E-state index in [1.807, 2.05) is 0 Å². The van der Waals surface area contributed by atoms with E-state index in [-0.39, 0.29) is 0 Å². The van der Waals surface area contributed by atoms with Gasteiger partial charge < -0.3 is 0 Å². The van der Waals surface area contributed by atoms with Crippen LogP contribution in [0, 0.1) is 27.7 Å². The third-order valence-corrected chi connectivity index (χ3v) is 3.67. The van der Waals surface area contributed by atoms with E-state index in [2.05, 4.69) is 52.8 Å². The van der Waals surface area contributed by atoms with Crippen LogP contribution in [0.3, 0.4) is 0 Å². The van der Waals surface area contributed by atoms with Crippen LogP contribution in [-0.2, 0) is 0 Å². The Kier molecular flexibility index (Phi) is 5.47. The normalized spacial score (nSPS) is 11.4. The minimum absolute atomic E-state index is 1.21. The maximum Gasteiger partial charge on any atom is -0.0198 e. The molecule has 0 aromatic heterocycles. The molecule has 1 aromatic carbocycles. The summed E-state index contributed by atoms with van der Waals surface area (Å²) in [6, 6.07) is 2.30. The summed E-state index contributed by atoms with van der Waals surface area (Å²) in [5.41, 5.74) is 7.10. The standard InChI is InChI=1S/C17H26/c1-6-7-8-9-10-11-17-14(3)12-13(2)15(4)16(17)5/h10-12H,6-9H2,1-5H3. The third kappa shape index (κ3) is 3.73. The SMILES string of the molecule is CCCCCC=Cc1c(C)cc(C)c(C)c1C. The summed E-state index contributed by atoms with van der Waals surface area (Å²) in [4.78, 5) is 0. The monoisotopic (exact) mass is 230 g/mol. The zero-order valence-corrected chi connectivity index (χ0v) is 12.1. The molecular weight excluding hydrogens is 204 g/mol. The maximum absolute atomic E-state index is 2.33. The Morgan fingerprint density at radius 1 is 0.941 bits per heavy atom. The average molecular weight is 230 g/mol. The van der Waals surface area contributed by atoms with Crippen LogP contribution in [0.15, 0.2) is 12.1 Å². The molecule has 0 saturated heterocycles. The lowest BCUT2D eigenvalue weighted by atomic mass is 9.94. The van der Waals surface area contributed by atoms with E-state index in [9.17, 15) is 0 Å². The average Bonchev–Trinajstić information content (AvgIpc) is 2.30. The van der Waals surface area contributed by atoms with Crippen LogP contribution in [0.2, 0.25) is 0 Å². The van der Waals surface area contributed by atoms with Crippen molar-refractivity contribution in [2.45, 2.75) is 60.3 Å². The second-order valence-corrected chi connectivity index (χ2v) is 5.07. The van der Waals surface area contributed by atoms with Gasteiger partial charge in [0.05, 0.1) is 0 Å². The summed E-state index contributed by atoms with van der Waals surface area (Å²) in [5, 5.41) is 0.